The number of fused-ring (bicyclic) bond motifs is 1. The highest BCUT2D eigenvalue weighted by molar-refractivity contribution is 6.03. The summed E-state index contributed by atoms with van der Waals surface area (Å²) >= 11 is 0. The van der Waals surface area contributed by atoms with E-state index in [9.17, 15) is 14.7 Å². The van der Waals surface area contributed by atoms with Crippen LogP contribution in [0, 0.1) is 0 Å². The zero-order valence-corrected chi connectivity index (χ0v) is 14.9. The molecule has 2 rings (SSSR count). The summed E-state index contributed by atoms with van der Waals surface area (Å²) in [6.07, 6.45) is 1.02. The molecule has 2 aromatic rings. The van der Waals surface area contributed by atoms with Crippen molar-refractivity contribution in [2.45, 2.75) is 26.4 Å². The van der Waals surface area contributed by atoms with Crippen LogP contribution in [0.25, 0.3) is 10.9 Å². The molecule has 0 aliphatic carbocycles. The number of carboxylic acids is 1. The molecule has 0 saturated heterocycles. The number of pyridine rings is 1. The van der Waals surface area contributed by atoms with E-state index in [1.165, 1.54) is 12.3 Å². The van der Waals surface area contributed by atoms with Gasteiger partial charge in [0.15, 0.2) is 0 Å². The zero-order valence-electron chi connectivity index (χ0n) is 14.9. The van der Waals surface area contributed by atoms with Crippen molar-refractivity contribution in [1.82, 2.24) is 10.3 Å². The predicted molar refractivity (Wildman–Crippen MR) is 96.2 cm³/mol. The molecule has 1 aromatic carbocycles. The fourth-order valence-electron chi connectivity index (χ4n) is 2.33. The lowest BCUT2D eigenvalue weighted by Gasteiger charge is -2.22. The molecule has 134 valence electrons. The minimum Gasteiger partial charge on any atom is -0.478 e. The van der Waals surface area contributed by atoms with Crippen molar-refractivity contribution in [1.29, 1.82) is 0 Å². The van der Waals surface area contributed by atoms with Crippen LogP contribution in [0.2, 0.25) is 0 Å². The van der Waals surface area contributed by atoms with E-state index in [-0.39, 0.29) is 5.56 Å². The van der Waals surface area contributed by atoms with Gasteiger partial charge in [-0.25, -0.2) is 9.59 Å². The number of anilines is 1. The highest BCUT2D eigenvalue weighted by atomic mass is 16.6. The zero-order chi connectivity index (χ0) is 18.6. The molecule has 7 nitrogen and oxygen atoms in total. The van der Waals surface area contributed by atoms with Crippen molar-refractivity contribution >= 4 is 28.7 Å². The molecule has 2 N–H and O–H groups in total. The maximum absolute atomic E-state index is 11.6. The molecule has 1 amide bonds. The molecular formula is C18H23N3O4. The Morgan fingerprint density at radius 1 is 1.28 bits per heavy atom. The van der Waals surface area contributed by atoms with Crippen LogP contribution in [-0.4, -0.2) is 47.9 Å². The van der Waals surface area contributed by atoms with Gasteiger partial charge in [-0.3, -0.25) is 4.98 Å². The van der Waals surface area contributed by atoms with Gasteiger partial charge in [0.2, 0.25) is 0 Å². The Morgan fingerprint density at radius 2 is 2.00 bits per heavy atom. The van der Waals surface area contributed by atoms with Crippen LogP contribution in [-0.2, 0) is 4.74 Å². The Kier molecular flexibility index (Phi) is 5.46. The van der Waals surface area contributed by atoms with Gasteiger partial charge in [0, 0.05) is 37.4 Å². The third-order valence-electron chi connectivity index (χ3n) is 3.51. The van der Waals surface area contributed by atoms with E-state index in [1.54, 1.807) is 12.1 Å². The third kappa shape index (κ3) is 5.07. The summed E-state index contributed by atoms with van der Waals surface area (Å²) in [7, 11) is 1.87. The number of nitrogens with one attached hydrogen (secondary N) is 1. The second-order valence-electron chi connectivity index (χ2n) is 6.72. The van der Waals surface area contributed by atoms with Crippen LogP contribution < -0.4 is 10.2 Å². The van der Waals surface area contributed by atoms with Gasteiger partial charge >= 0.3 is 12.1 Å². The van der Waals surface area contributed by atoms with Gasteiger partial charge in [-0.2, -0.15) is 0 Å². The van der Waals surface area contributed by atoms with Crippen molar-refractivity contribution in [3.8, 4) is 0 Å². The number of amides is 1. The number of nitrogens with zero attached hydrogens (tertiary/aromatic N) is 2. The third-order valence-corrected chi connectivity index (χ3v) is 3.51. The maximum atomic E-state index is 11.6. The van der Waals surface area contributed by atoms with Crippen molar-refractivity contribution in [2.24, 2.45) is 0 Å². The van der Waals surface area contributed by atoms with Gasteiger partial charge in [0.25, 0.3) is 0 Å². The van der Waals surface area contributed by atoms with Crippen molar-refractivity contribution in [3.63, 3.8) is 0 Å². The van der Waals surface area contributed by atoms with Crippen molar-refractivity contribution in [3.05, 3.63) is 36.0 Å². The Bertz CT molecular complexity index is 783. The lowest BCUT2D eigenvalue weighted by Crippen LogP contribution is -2.37. The lowest BCUT2D eigenvalue weighted by atomic mass is 10.1. The Hall–Kier alpha value is -2.83. The highest BCUT2D eigenvalue weighted by Crippen LogP contribution is 2.23. The number of hydrogen-bond donors (Lipinski definition) is 2. The lowest BCUT2D eigenvalue weighted by molar-refractivity contribution is 0.0528. The van der Waals surface area contributed by atoms with Gasteiger partial charge in [0.05, 0.1) is 11.1 Å². The topological polar surface area (TPSA) is 91.8 Å². The molecule has 1 aromatic heterocycles. The number of alkyl carbamates (subject to hydrolysis) is 1. The molecule has 0 aliphatic rings. The molecule has 7 heteroatoms. The molecule has 0 aliphatic heterocycles. The first-order chi connectivity index (χ1) is 11.7. The molecule has 0 atom stereocenters. The summed E-state index contributed by atoms with van der Waals surface area (Å²) in [6.45, 7) is 6.38. The maximum Gasteiger partial charge on any atom is 0.407 e. The first kappa shape index (κ1) is 18.5. The number of benzene rings is 1. The largest absolute Gasteiger partial charge is 0.478 e. The Morgan fingerprint density at radius 3 is 2.64 bits per heavy atom. The molecule has 1 heterocycles. The number of carbonyl (C=O) groups excluding carboxylic acids is 1. The predicted octanol–water partition coefficient (Wildman–Crippen LogP) is 2.89. The Balaban J connectivity index is 2.04. The van der Waals surface area contributed by atoms with Crippen LogP contribution in [0.1, 0.15) is 31.1 Å². The summed E-state index contributed by atoms with van der Waals surface area (Å²) in [4.78, 5) is 29.1. The van der Waals surface area contributed by atoms with Gasteiger partial charge < -0.3 is 20.1 Å². The smallest absolute Gasteiger partial charge is 0.407 e. The normalized spacial score (nSPS) is 11.2. The number of aromatic carboxylic acids is 1. The van der Waals surface area contributed by atoms with Crippen LogP contribution in [0.15, 0.2) is 30.5 Å². The monoisotopic (exact) mass is 345 g/mol. The number of hydrogen-bond acceptors (Lipinski definition) is 5. The van der Waals surface area contributed by atoms with E-state index in [0.29, 0.717) is 24.0 Å². The van der Waals surface area contributed by atoms with E-state index in [4.69, 9.17) is 4.74 Å². The van der Waals surface area contributed by atoms with Crippen molar-refractivity contribution in [2.75, 3.05) is 25.0 Å². The average Bonchev–Trinajstić information content (AvgIpc) is 2.51. The summed E-state index contributed by atoms with van der Waals surface area (Å²) in [5.41, 5.74) is 1.15. The van der Waals surface area contributed by atoms with E-state index < -0.39 is 17.7 Å². The van der Waals surface area contributed by atoms with E-state index in [1.807, 2.05) is 38.8 Å². The SMILES string of the molecule is CN(CCNC(=O)OC(C)(C)C)c1ccc2nccc(C(=O)O)c2c1. The molecule has 0 radical (unpaired) electrons. The van der Waals surface area contributed by atoms with Crippen LogP contribution in [0.5, 0.6) is 0 Å². The summed E-state index contributed by atoms with van der Waals surface area (Å²) in [6, 6.07) is 6.93. The first-order valence-electron chi connectivity index (χ1n) is 7.97. The van der Waals surface area contributed by atoms with E-state index in [0.717, 1.165) is 5.69 Å². The molecule has 25 heavy (non-hydrogen) atoms. The number of carboxylic acid groups (broad SMARTS) is 1. The van der Waals surface area contributed by atoms with Crippen molar-refractivity contribution < 1.29 is 19.4 Å². The average molecular weight is 345 g/mol. The van der Waals surface area contributed by atoms with Gasteiger partial charge in [-0.05, 0) is 45.0 Å². The fourth-order valence-corrected chi connectivity index (χ4v) is 2.33. The molecule has 0 saturated carbocycles. The minimum absolute atomic E-state index is 0.215. The summed E-state index contributed by atoms with van der Waals surface area (Å²) < 4.78 is 5.18. The van der Waals surface area contributed by atoms with Gasteiger partial charge in [-0.1, -0.05) is 0 Å². The standard InChI is InChI=1S/C18H23N3O4/c1-18(2,3)25-17(24)20-9-10-21(4)12-5-6-15-14(11-12)13(16(22)23)7-8-19-15/h5-8,11H,9-10H2,1-4H3,(H,20,24)(H,22,23). The Labute approximate surface area is 146 Å². The number of rotatable bonds is 5. The van der Waals surface area contributed by atoms with Gasteiger partial charge in [-0.15, -0.1) is 0 Å². The minimum atomic E-state index is -0.987. The summed E-state index contributed by atoms with van der Waals surface area (Å²) in [5.74, 6) is -0.987. The fraction of sp³-hybridized carbons (Fsp3) is 0.389. The molecule has 0 fully saturated rings. The number of aromatic nitrogens is 1. The van der Waals surface area contributed by atoms with E-state index >= 15 is 0 Å². The van der Waals surface area contributed by atoms with Crippen LogP contribution >= 0.6 is 0 Å². The number of carbonyl (C=O) groups is 2. The van der Waals surface area contributed by atoms with Crippen LogP contribution in [0.3, 0.4) is 0 Å². The van der Waals surface area contributed by atoms with Crippen LogP contribution in [0.4, 0.5) is 10.5 Å². The van der Waals surface area contributed by atoms with Gasteiger partial charge in [0.1, 0.15) is 5.60 Å². The highest BCUT2D eigenvalue weighted by Gasteiger charge is 2.16. The molecule has 0 unspecified atom stereocenters. The molecule has 0 bridgehead atoms. The first-order valence-corrected chi connectivity index (χ1v) is 7.97. The second-order valence-corrected chi connectivity index (χ2v) is 6.72. The number of ether oxygens (including phenoxy) is 1. The molecule has 0 spiro atoms. The number of likely N-dealkylation sites (N-methyl/N-ethyl adjacent to an activating group) is 1. The second kappa shape index (κ2) is 7.38. The summed E-state index contributed by atoms with van der Waals surface area (Å²) in [5, 5.41) is 12.6. The van der Waals surface area contributed by atoms with E-state index in [2.05, 4.69) is 10.3 Å². The quantitative estimate of drug-likeness (QED) is 0.866. The molecular weight excluding hydrogens is 322 g/mol.